The Morgan fingerprint density at radius 1 is 0.351 bits per heavy atom. The Bertz CT molecular complexity index is 859. The molecule has 0 saturated carbocycles. The summed E-state index contributed by atoms with van der Waals surface area (Å²) in [4.78, 5) is 37.9. The average Bonchev–Trinajstić information content (AvgIpc) is 3.21. The molecule has 0 saturated heterocycles. The molecule has 0 aliphatic heterocycles. The van der Waals surface area contributed by atoms with E-state index in [1.807, 2.05) is 0 Å². The molecule has 0 aromatic carbocycles. The van der Waals surface area contributed by atoms with Gasteiger partial charge in [-0.1, -0.05) is 246 Å². The molecule has 0 aromatic heterocycles. The van der Waals surface area contributed by atoms with Gasteiger partial charge in [-0.05, 0) is 25.2 Å². The van der Waals surface area contributed by atoms with Crippen LogP contribution in [0.1, 0.15) is 285 Å². The number of ether oxygens (including phenoxy) is 3. The van der Waals surface area contributed by atoms with Gasteiger partial charge >= 0.3 is 17.9 Å². The fourth-order valence-corrected chi connectivity index (χ4v) is 7.66. The van der Waals surface area contributed by atoms with Crippen LogP contribution >= 0.6 is 0 Å². The molecule has 0 rings (SSSR count). The third-order valence-corrected chi connectivity index (χ3v) is 11.9. The molecule has 1 unspecified atom stereocenters. The predicted octanol–water partition coefficient (Wildman–Crippen LogP) is 16.3. The zero-order chi connectivity index (χ0) is 41.7. The van der Waals surface area contributed by atoms with E-state index in [2.05, 4.69) is 27.7 Å². The Labute approximate surface area is 355 Å². The van der Waals surface area contributed by atoms with Crippen molar-refractivity contribution in [1.29, 1.82) is 0 Å². The summed E-state index contributed by atoms with van der Waals surface area (Å²) in [6.45, 7) is 9.04. The summed E-state index contributed by atoms with van der Waals surface area (Å²) in [6, 6.07) is 0. The van der Waals surface area contributed by atoms with E-state index in [1.165, 1.54) is 180 Å². The normalized spacial score (nSPS) is 12.4. The van der Waals surface area contributed by atoms with E-state index in [4.69, 9.17) is 14.2 Å². The van der Waals surface area contributed by atoms with E-state index in [-0.39, 0.29) is 31.1 Å². The van der Waals surface area contributed by atoms with E-state index >= 15 is 0 Å². The second-order valence-electron chi connectivity index (χ2n) is 17.7. The van der Waals surface area contributed by atoms with E-state index in [1.54, 1.807) is 0 Å². The number of hydrogen-bond acceptors (Lipinski definition) is 6. The van der Waals surface area contributed by atoms with Crippen LogP contribution in [-0.4, -0.2) is 37.2 Å². The van der Waals surface area contributed by atoms with Gasteiger partial charge in [0.2, 0.25) is 0 Å². The lowest BCUT2D eigenvalue weighted by atomic mass is 9.99. The van der Waals surface area contributed by atoms with Gasteiger partial charge in [-0.2, -0.15) is 0 Å². The first-order valence-corrected chi connectivity index (χ1v) is 25.4. The lowest BCUT2D eigenvalue weighted by Gasteiger charge is -2.18. The van der Waals surface area contributed by atoms with Gasteiger partial charge in [-0.25, -0.2) is 0 Å². The smallest absolute Gasteiger partial charge is 0.306 e. The van der Waals surface area contributed by atoms with Crippen molar-refractivity contribution in [2.24, 2.45) is 5.92 Å². The zero-order valence-corrected chi connectivity index (χ0v) is 38.8. The first-order valence-electron chi connectivity index (χ1n) is 25.4. The zero-order valence-electron chi connectivity index (χ0n) is 38.8. The van der Waals surface area contributed by atoms with Crippen molar-refractivity contribution < 1.29 is 28.6 Å². The molecular weight excluding hydrogens is 709 g/mol. The molecule has 57 heavy (non-hydrogen) atoms. The molecule has 0 radical (unpaired) electrons. The minimum absolute atomic E-state index is 0.0629. The second-order valence-corrected chi connectivity index (χ2v) is 17.7. The van der Waals surface area contributed by atoms with Crippen molar-refractivity contribution in [3.63, 3.8) is 0 Å². The molecule has 0 amide bonds. The van der Waals surface area contributed by atoms with Gasteiger partial charge in [-0.15, -0.1) is 0 Å². The van der Waals surface area contributed by atoms with Crippen LogP contribution in [0.5, 0.6) is 0 Å². The Morgan fingerprint density at radius 2 is 0.614 bits per heavy atom. The number of unbranched alkanes of at least 4 members (excludes halogenated alkanes) is 32. The van der Waals surface area contributed by atoms with Crippen LogP contribution < -0.4 is 0 Å². The summed E-state index contributed by atoms with van der Waals surface area (Å²) in [6.07, 6.45) is 46.4. The van der Waals surface area contributed by atoms with Crippen molar-refractivity contribution in [2.75, 3.05) is 13.2 Å². The van der Waals surface area contributed by atoms with Crippen molar-refractivity contribution >= 4 is 17.9 Å². The van der Waals surface area contributed by atoms with Gasteiger partial charge in [0.05, 0.1) is 0 Å². The van der Waals surface area contributed by atoms with E-state index in [9.17, 15) is 14.4 Å². The second kappa shape index (κ2) is 45.5. The largest absolute Gasteiger partial charge is 0.462 e. The van der Waals surface area contributed by atoms with Gasteiger partial charge in [0.15, 0.2) is 6.10 Å². The van der Waals surface area contributed by atoms with Gasteiger partial charge < -0.3 is 14.2 Å². The highest BCUT2D eigenvalue weighted by atomic mass is 16.6. The van der Waals surface area contributed by atoms with Crippen molar-refractivity contribution in [3.8, 4) is 0 Å². The highest BCUT2D eigenvalue weighted by Gasteiger charge is 2.19. The molecular formula is C51H98O6. The Balaban J connectivity index is 4.30. The minimum Gasteiger partial charge on any atom is -0.462 e. The minimum atomic E-state index is -0.760. The number of carbonyl (C=O) groups excluding carboxylic acids is 3. The molecule has 0 spiro atoms. The van der Waals surface area contributed by atoms with Crippen LogP contribution in [0.15, 0.2) is 0 Å². The van der Waals surface area contributed by atoms with Gasteiger partial charge in [-0.3, -0.25) is 14.4 Å². The number of carbonyl (C=O) groups is 3. The van der Waals surface area contributed by atoms with Crippen LogP contribution in [0, 0.1) is 5.92 Å². The van der Waals surface area contributed by atoms with Crippen molar-refractivity contribution in [2.45, 2.75) is 291 Å². The molecule has 0 N–H and O–H groups in total. The van der Waals surface area contributed by atoms with E-state index in [0.717, 1.165) is 63.7 Å². The standard InChI is InChI=1S/C51H98O6/c1-5-8-10-12-14-16-18-19-20-22-26-30-34-38-42-49(52)55-45-48(57-51(54)44-40-36-32-28-21-17-15-13-11-9-6-2)46-56-50(53)43-39-35-31-27-24-23-25-29-33-37-41-47(4)7-3/h47-48H,5-46H2,1-4H3/t47?,48-/m0/s1. The van der Waals surface area contributed by atoms with Crippen molar-refractivity contribution in [1.82, 2.24) is 0 Å². The maximum atomic E-state index is 12.7. The lowest BCUT2D eigenvalue weighted by molar-refractivity contribution is -0.167. The molecule has 6 nitrogen and oxygen atoms in total. The van der Waals surface area contributed by atoms with Gasteiger partial charge in [0, 0.05) is 19.3 Å². The highest BCUT2D eigenvalue weighted by molar-refractivity contribution is 5.71. The van der Waals surface area contributed by atoms with Gasteiger partial charge in [0.1, 0.15) is 13.2 Å². The Hall–Kier alpha value is -1.59. The molecule has 6 heteroatoms. The van der Waals surface area contributed by atoms with Crippen LogP contribution in [0.4, 0.5) is 0 Å². The van der Waals surface area contributed by atoms with Crippen LogP contribution in [-0.2, 0) is 28.6 Å². The topological polar surface area (TPSA) is 78.9 Å². The first kappa shape index (κ1) is 55.4. The quantitative estimate of drug-likeness (QED) is 0.0346. The molecule has 0 aliphatic carbocycles. The fourth-order valence-electron chi connectivity index (χ4n) is 7.66. The summed E-state index contributed by atoms with van der Waals surface area (Å²) in [5.41, 5.74) is 0. The summed E-state index contributed by atoms with van der Waals surface area (Å²) in [7, 11) is 0. The third-order valence-electron chi connectivity index (χ3n) is 11.9. The Kier molecular flexibility index (Phi) is 44.2. The Morgan fingerprint density at radius 3 is 0.912 bits per heavy atom. The molecule has 0 bridgehead atoms. The van der Waals surface area contributed by atoms with Crippen LogP contribution in [0.25, 0.3) is 0 Å². The summed E-state index contributed by atoms with van der Waals surface area (Å²) < 4.78 is 16.8. The molecule has 0 aromatic rings. The third kappa shape index (κ3) is 43.8. The average molecular weight is 807 g/mol. The van der Waals surface area contributed by atoms with Crippen LogP contribution in [0.2, 0.25) is 0 Å². The maximum absolute atomic E-state index is 12.7. The summed E-state index contributed by atoms with van der Waals surface area (Å²) >= 11 is 0. The first-order chi connectivity index (χ1) is 27.9. The lowest BCUT2D eigenvalue weighted by Crippen LogP contribution is -2.30. The van der Waals surface area contributed by atoms with Gasteiger partial charge in [0.25, 0.3) is 0 Å². The molecule has 0 aliphatic rings. The van der Waals surface area contributed by atoms with Crippen molar-refractivity contribution in [3.05, 3.63) is 0 Å². The number of esters is 3. The molecule has 0 heterocycles. The van der Waals surface area contributed by atoms with E-state index in [0.29, 0.717) is 19.3 Å². The maximum Gasteiger partial charge on any atom is 0.306 e. The SMILES string of the molecule is CCCCCCCCCCCCCCCCC(=O)OC[C@@H](COC(=O)CCCCCCCCCCCCC(C)CC)OC(=O)CCCCCCCCCCCCC. The monoisotopic (exact) mass is 807 g/mol. The number of hydrogen-bond donors (Lipinski definition) is 0. The number of rotatable bonds is 46. The molecule has 2 atom stereocenters. The van der Waals surface area contributed by atoms with E-state index < -0.39 is 6.10 Å². The summed E-state index contributed by atoms with van der Waals surface area (Å²) in [5, 5.41) is 0. The van der Waals surface area contributed by atoms with Crippen LogP contribution in [0.3, 0.4) is 0 Å². The predicted molar refractivity (Wildman–Crippen MR) is 243 cm³/mol. The molecule has 0 fully saturated rings. The summed E-state index contributed by atoms with van der Waals surface area (Å²) in [5.74, 6) is 0.0233. The molecule has 338 valence electrons. The fraction of sp³-hybridized carbons (Fsp3) is 0.941. The highest BCUT2D eigenvalue weighted by Crippen LogP contribution is 2.17.